The van der Waals surface area contributed by atoms with Gasteiger partial charge in [-0.3, -0.25) is 5.41 Å². The predicted octanol–water partition coefficient (Wildman–Crippen LogP) is 2.35. The van der Waals surface area contributed by atoms with E-state index in [1.165, 1.54) is 0 Å². The Morgan fingerprint density at radius 2 is 2.22 bits per heavy atom. The number of ether oxygens (including phenoxy) is 1. The molecule has 1 aromatic carbocycles. The fraction of sp³-hybridized carbons (Fsp3) is 0.462. The number of halogens is 1. The Kier molecular flexibility index (Phi) is 3.64. The maximum Gasteiger partial charge on any atom is 0.126 e. The van der Waals surface area contributed by atoms with Gasteiger partial charge in [0.25, 0.3) is 0 Å². The number of benzene rings is 1. The molecule has 2 rings (SSSR count). The van der Waals surface area contributed by atoms with Gasteiger partial charge in [0.15, 0.2) is 0 Å². The zero-order valence-corrected chi connectivity index (χ0v) is 12.3. The highest BCUT2D eigenvalue weighted by molar-refractivity contribution is 9.10. The summed E-state index contributed by atoms with van der Waals surface area (Å²) in [5.74, 6) is 0.0831. The average molecular weight is 312 g/mol. The van der Waals surface area contributed by atoms with Crippen molar-refractivity contribution in [3.8, 4) is 0 Å². The first kappa shape index (κ1) is 13.4. The molecule has 3 N–H and O–H groups in total. The quantitative estimate of drug-likeness (QED) is 0.651. The molecular formula is C13H18BrN3O. The number of amidine groups is 1. The molecule has 0 spiro atoms. The predicted molar refractivity (Wildman–Crippen MR) is 77.4 cm³/mol. The summed E-state index contributed by atoms with van der Waals surface area (Å²) in [5.41, 5.74) is 7.36. The Balaban J connectivity index is 2.50. The van der Waals surface area contributed by atoms with Gasteiger partial charge in [-0.25, -0.2) is 0 Å². The van der Waals surface area contributed by atoms with Crippen LogP contribution in [-0.2, 0) is 4.74 Å². The van der Waals surface area contributed by atoms with Crippen molar-refractivity contribution >= 4 is 27.5 Å². The lowest BCUT2D eigenvalue weighted by Crippen LogP contribution is -2.53. The molecule has 0 unspecified atom stereocenters. The molecule has 1 fully saturated rings. The van der Waals surface area contributed by atoms with E-state index in [1.54, 1.807) is 0 Å². The molecule has 4 nitrogen and oxygen atoms in total. The highest BCUT2D eigenvalue weighted by atomic mass is 79.9. The van der Waals surface area contributed by atoms with E-state index in [4.69, 9.17) is 15.9 Å². The van der Waals surface area contributed by atoms with Crippen molar-refractivity contribution in [2.45, 2.75) is 19.4 Å². The van der Waals surface area contributed by atoms with E-state index >= 15 is 0 Å². The first-order valence-corrected chi connectivity index (χ1v) is 6.71. The molecule has 0 radical (unpaired) electrons. The molecule has 1 heterocycles. The first-order valence-electron chi connectivity index (χ1n) is 5.92. The molecule has 0 aliphatic carbocycles. The summed E-state index contributed by atoms with van der Waals surface area (Å²) in [6.07, 6.45) is 0. The normalized spacial score (nSPS) is 18.7. The number of anilines is 1. The van der Waals surface area contributed by atoms with Crippen LogP contribution in [0.2, 0.25) is 0 Å². The Hall–Kier alpha value is -1.07. The summed E-state index contributed by atoms with van der Waals surface area (Å²) in [7, 11) is 0. The fourth-order valence-corrected chi connectivity index (χ4v) is 2.88. The standard InChI is InChI=1S/C13H18BrN3O/c1-13(2)8-18-7-6-17(13)10-5-3-4-9(14)11(10)12(15)16/h3-5H,6-8H2,1-2H3,(H3,15,16). The third-order valence-electron chi connectivity index (χ3n) is 3.20. The summed E-state index contributed by atoms with van der Waals surface area (Å²) < 4.78 is 6.39. The Bertz CT molecular complexity index is 473. The zero-order chi connectivity index (χ0) is 13.3. The van der Waals surface area contributed by atoms with Crippen LogP contribution >= 0.6 is 15.9 Å². The van der Waals surface area contributed by atoms with Gasteiger partial charge in [0.1, 0.15) is 5.84 Å². The van der Waals surface area contributed by atoms with Gasteiger partial charge in [-0.2, -0.15) is 0 Å². The molecule has 0 atom stereocenters. The minimum atomic E-state index is -0.0940. The molecule has 98 valence electrons. The van der Waals surface area contributed by atoms with Gasteiger partial charge in [-0.15, -0.1) is 0 Å². The molecule has 1 aliphatic heterocycles. The summed E-state index contributed by atoms with van der Waals surface area (Å²) in [5, 5.41) is 7.75. The molecule has 0 aromatic heterocycles. The van der Waals surface area contributed by atoms with Crippen LogP contribution in [-0.4, -0.2) is 31.1 Å². The van der Waals surface area contributed by atoms with Gasteiger partial charge >= 0.3 is 0 Å². The van der Waals surface area contributed by atoms with Crippen molar-refractivity contribution in [3.63, 3.8) is 0 Å². The Labute approximate surface area is 116 Å². The van der Waals surface area contributed by atoms with E-state index in [0.717, 1.165) is 22.3 Å². The van der Waals surface area contributed by atoms with Crippen molar-refractivity contribution in [1.29, 1.82) is 5.41 Å². The van der Waals surface area contributed by atoms with Crippen molar-refractivity contribution in [3.05, 3.63) is 28.2 Å². The van der Waals surface area contributed by atoms with E-state index in [9.17, 15) is 0 Å². The number of nitrogens with two attached hydrogens (primary N) is 1. The van der Waals surface area contributed by atoms with Gasteiger partial charge < -0.3 is 15.4 Å². The van der Waals surface area contributed by atoms with Gasteiger partial charge in [0.2, 0.25) is 0 Å². The third kappa shape index (κ3) is 2.37. The number of nitrogens with one attached hydrogen (secondary N) is 1. The van der Waals surface area contributed by atoms with Crippen LogP contribution in [0.4, 0.5) is 5.69 Å². The van der Waals surface area contributed by atoms with Crippen LogP contribution < -0.4 is 10.6 Å². The number of rotatable bonds is 2. The number of nitrogen functional groups attached to an aromatic ring is 1. The summed E-state index contributed by atoms with van der Waals surface area (Å²) in [6, 6.07) is 5.89. The van der Waals surface area contributed by atoms with Gasteiger partial charge in [0.05, 0.1) is 24.3 Å². The van der Waals surface area contributed by atoms with Gasteiger partial charge in [0, 0.05) is 16.7 Å². The largest absolute Gasteiger partial charge is 0.384 e. The van der Waals surface area contributed by atoms with E-state index < -0.39 is 0 Å². The van der Waals surface area contributed by atoms with Crippen molar-refractivity contribution in [2.75, 3.05) is 24.7 Å². The maximum atomic E-state index is 7.75. The Morgan fingerprint density at radius 3 is 2.83 bits per heavy atom. The highest BCUT2D eigenvalue weighted by Gasteiger charge is 2.32. The molecular weight excluding hydrogens is 294 g/mol. The van der Waals surface area contributed by atoms with Crippen molar-refractivity contribution in [2.24, 2.45) is 5.73 Å². The smallest absolute Gasteiger partial charge is 0.126 e. The lowest BCUT2D eigenvalue weighted by atomic mass is 9.99. The van der Waals surface area contributed by atoms with Crippen LogP contribution in [0.1, 0.15) is 19.4 Å². The first-order chi connectivity index (χ1) is 8.43. The van der Waals surface area contributed by atoms with E-state index in [2.05, 4.69) is 34.7 Å². The van der Waals surface area contributed by atoms with E-state index in [1.807, 2.05) is 18.2 Å². The molecule has 5 heteroatoms. The lowest BCUT2D eigenvalue weighted by molar-refractivity contribution is 0.0644. The van der Waals surface area contributed by atoms with Crippen LogP contribution in [0.3, 0.4) is 0 Å². The number of hydrogen-bond donors (Lipinski definition) is 2. The minimum absolute atomic E-state index is 0.0831. The fourth-order valence-electron chi connectivity index (χ4n) is 2.31. The molecule has 18 heavy (non-hydrogen) atoms. The zero-order valence-electron chi connectivity index (χ0n) is 10.7. The topological polar surface area (TPSA) is 62.3 Å². The summed E-state index contributed by atoms with van der Waals surface area (Å²) in [6.45, 7) is 6.46. The molecule has 0 bridgehead atoms. The lowest BCUT2D eigenvalue weighted by Gasteiger charge is -2.44. The number of hydrogen-bond acceptors (Lipinski definition) is 3. The van der Waals surface area contributed by atoms with Crippen LogP contribution in [0.5, 0.6) is 0 Å². The maximum absolute atomic E-state index is 7.75. The molecule has 0 amide bonds. The second-order valence-corrected chi connectivity index (χ2v) is 5.92. The summed E-state index contributed by atoms with van der Waals surface area (Å²) >= 11 is 3.47. The van der Waals surface area contributed by atoms with Gasteiger partial charge in [-0.1, -0.05) is 6.07 Å². The van der Waals surface area contributed by atoms with Crippen molar-refractivity contribution in [1.82, 2.24) is 0 Å². The monoisotopic (exact) mass is 311 g/mol. The summed E-state index contributed by atoms with van der Waals surface area (Å²) in [4.78, 5) is 2.26. The van der Waals surface area contributed by atoms with Crippen LogP contribution in [0.15, 0.2) is 22.7 Å². The number of nitrogens with zero attached hydrogens (tertiary/aromatic N) is 1. The van der Waals surface area contributed by atoms with Crippen LogP contribution in [0, 0.1) is 5.41 Å². The minimum Gasteiger partial charge on any atom is -0.384 e. The SMILES string of the molecule is CC1(C)COCCN1c1cccc(Br)c1C(=N)N. The van der Waals surface area contributed by atoms with Crippen molar-refractivity contribution < 1.29 is 4.74 Å². The molecule has 1 aliphatic rings. The average Bonchev–Trinajstić information content (AvgIpc) is 2.27. The van der Waals surface area contributed by atoms with E-state index in [-0.39, 0.29) is 11.4 Å². The van der Waals surface area contributed by atoms with Gasteiger partial charge in [-0.05, 0) is 41.9 Å². The van der Waals surface area contributed by atoms with E-state index in [0.29, 0.717) is 13.2 Å². The second-order valence-electron chi connectivity index (χ2n) is 5.06. The van der Waals surface area contributed by atoms with Crippen LogP contribution in [0.25, 0.3) is 0 Å². The second kappa shape index (κ2) is 4.90. The highest BCUT2D eigenvalue weighted by Crippen LogP contribution is 2.33. The Morgan fingerprint density at radius 1 is 1.50 bits per heavy atom. The molecule has 0 saturated carbocycles. The molecule has 1 saturated heterocycles. The third-order valence-corrected chi connectivity index (χ3v) is 3.86. The molecule has 1 aromatic rings. The number of morpholine rings is 1.